The summed E-state index contributed by atoms with van der Waals surface area (Å²) in [6.07, 6.45) is 2.14. The number of ether oxygens (including phenoxy) is 1. The van der Waals surface area contributed by atoms with Crippen LogP contribution < -0.4 is 5.32 Å². The lowest BCUT2D eigenvalue weighted by Crippen LogP contribution is -2.45. The van der Waals surface area contributed by atoms with E-state index in [4.69, 9.17) is 0 Å². The first-order valence-electron chi connectivity index (χ1n) is 6.80. The van der Waals surface area contributed by atoms with Gasteiger partial charge in [-0.05, 0) is 29.2 Å². The molecule has 1 amide bonds. The van der Waals surface area contributed by atoms with Crippen molar-refractivity contribution in [3.05, 3.63) is 0 Å². The summed E-state index contributed by atoms with van der Waals surface area (Å²) in [6.45, 7) is 3.70. The van der Waals surface area contributed by atoms with Crippen molar-refractivity contribution in [3.63, 3.8) is 0 Å². The van der Waals surface area contributed by atoms with Gasteiger partial charge in [-0.15, -0.1) is 5.10 Å². The molecule has 1 aromatic heterocycles. The van der Waals surface area contributed by atoms with E-state index in [0.29, 0.717) is 11.2 Å². The van der Waals surface area contributed by atoms with Crippen LogP contribution in [0, 0.1) is 5.92 Å². The number of hydrogen-bond donors (Lipinski definition) is 1. The zero-order valence-corrected chi connectivity index (χ0v) is 13.1. The minimum Gasteiger partial charge on any atom is -0.467 e. The second-order valence-corrected chi connectivity index (χ2v) is 6.18. The molecule has 0 saturated heterocycles. The number of carbonyl (C=O) groups is 2. The van der Waals surface area contributed by atoms with Crippen LogP contribution >= 0.6 is 11.8 Å². The molecular weight excluding hydrogens is 294 g/mol. The van der Waals surface area contributed by atoms with Gasteiger partial charge in [0.1, 0.15) is 6.04 Å². The molecule has 0 aromatic carbocycles. The fraction of sp³-hybridized carbons (Fsp3) is 0.750. The van der Waals surface area contributed by atoms with Crippen molar-refractivity contribution in [3.8, 4) is 0 Å². The Morgan fingerprint density at radius 2 is 2.19 bits per heavy atom. The predicted molar refractivity (Wildman–Crippen MR) is 75.6 cm³/mol. The molecule has 1 aliphatic rings. The maximum atomic E-state index is 12.0. The molecule has 0 aliphatic heterocycles. The number of amides is 1. The standard InChI is InChI=1S/C12H19N5O3S/c1-7(2)10(11(19)20-3)13-9(18)6-21-12-14-15-16-17(12)8-4-5-8/h7-8,10H,4-6H2,1-3H3,(H,13,18). The van der Waals surface area contributed by atoms with Gasteiger partial charge >= 0.3 is 5.97 Å². The Morgan fingerprint density at radius 3 is 2.76 bits per heavy atom. The number of tetrazole rings is 1. The molecule has 9 heteroatoms. The van der Waals surface area contributed by atoms with E-state index >= 15 is 0 Å². The van der Waals surface area contributed by atoms with E-state index in [1.165, 1.54) is 18.9 Å². The average molecular weight is 313 g/mol. The summed E-state index contributed by atoms with van der Waals surface area (Å²) in [5.41, 5.74) is 0. The van der Waals surface area contributed by atoms with Gasteiger partial charge in [0.25, 0.3) is 0 Å². The second-order valence-electron chi connectivity index (χ2n) is 5.24. The van der Waals surface area contributed by atoms with Crippen molar-refractivity contribution < 1.29 is 14.3 Å². The molecule has 1 saturated carbocycles. The minimum absolute atomic E-state index is 0.0387. The van der Waals surface area contributed by atoms with Gasteiger partial charge in [-0.1, -0.05) is 25.6 Å². The van der Waals surface area contributed by atoms with Crippen molar-refractivity contribution >= 4 is 23.6 Å². The summed E-state index contributed by atoms with van der Waals surface area (Å²) in [6, 6.07) is -0.272. The monoisotopic (exact) mass is 313 g/mol. The van der Waals surface area contributed by atoms with Crippen LogP contribution in [0.1, 0.15) is 32.7 Å². The molecule has 1 aromatic rings. The Bertz CT molecular complexity index is 515. The number of hydrogen-bond acceptors (Lipinski definition) is 7. The Balaban J connectivity index is 1.86. The zero-order chi connectivity index (χ0) is 15.4. The van der Waals surface area contributed by atoms with Crippen LogP contribution in [0.25, 0.3) is 0 Å². The van der Waals surface area contributed by atoms with E-state index in [0.717, 1.165) is 12.8 Å². The third-order valence-electron chi connectivity index (χ3n) is 3.13. The second kappa shape index (κ2) is 6.88. The molecule has 1 heterocycles. The maximum Gasteiger partial charge on any atom is 0.328 e. The summed E-state index contributed by atoms with van der Waals surface area (Å²) in [4.78, 5) is 23.5. The quantitative estimate of drug-likeness (QED) is 0.575. The van der Waals surface area contributed by atoms with E-state index in [2.05, 4.69) is 25.6 Å². The molecule has 2 rings (SSSR count). The number of carbonyl (C=O) groups excluding carboxylic acids is 2. The van der Waals surface area contributed by atoms with Gasteiger partial charge in [-0.2, -0.15) is 0 Å². The molecule has 8 nitrogen and oxygen atoms in total. The smallest absolute Gasteiger partial charge is 0.328 e. The molecule has 1 fully saturated rings. The number of aromatic nitrogens is 4. The lowest BCUT2D eigenvalue weighted by molar-refractivity contribution is -0.146. The fourth-order valence-corrected chi connectivity index (χ4v) is 2.55. The number of esters is 1. The topological polar surface area (TPSA) is 99.0 Å². The average Bonchev–Trinajstić information content (AvgIpc) is 3.20. The van der Waals surface area contributed by atoms with Crippen molar-refractivity contribution in [2.75, 3.05) is 12.9 Å². The Morgan fingerprint density at radius 1 is 1.48 bits per heavy atom. The molecule has 1 atom stereocenters. The number of nitrogens with zero attached hydrogens (tertiary/aromatic N) is 4. The molecular formula is C12H19N5O3S. The van der Waals surface area contributed by atoms with Gasteiger partial charge in [-0.25, -0.2) is 9.48 Å². The van der Waals surface area contributed by atoms with Crippen molar-refractivity contribution in [2.45, 2.75) is 43.9 Å². The van der Waals surface area contributed by atoms with Crippen LogP contribution in [0.4, 0.5) is 0 Å². The SMILES string of the molecule is COC(=O)C(NC(=O)CSc1nnnn1C1CC1)C(C)C. The molecule has 0 spiro atoms. The van der Waals surface area contributed by atoms with Gasteiger partial charge in [0, 0.05) is 0 Å². The molecule has 21 heavy (non-hydrogen) atoms. The molecule has 1 unspecified atom stereocenters. The summed E-state index contributed by atoms with van der Waals surface area (Å²) in [7, 11) is 1.31. The lowest BCUT2D eigenvalue weighted by atomic mass is 10.1. The highest BCUT2D eigenvalue weighted by atomic mass is 32.2. The normalized spacial score (nSPS) is 15.8. The fourth-order valence-electron chi connectivity index (χ4n) is 1.80. The van der Waals surface area contributed by atoms with Crippen molar-refractivity contribution in [2.24, 2.45) is 5.92 Å². The number of nitrogens with one attached hydrogen (secondary N) is 1. The summed E-state index contributed by atoms with van der Waals surface area (Å²) >= 11 is 1.27. The predicted octanol–water partition coefficient (Wildman–Crippen LogP) is 0.414. The number of thioether (sulfide) groups is 1. The van der Waals surface area contributed by atoms with Crippen LogP contribution in [-0.2, 0) is 14.3 Å². The van der Waals surface area contributed by atoms with Gasteiger partial charge in [-0.3, -0.25) is 4.79 Å². The zero-order valence-electron chi connectivity index (χ0n) is 12.3. The van der Waals surface area contributed by atoms with Gasteiger partial charge in [0.15, 0.2) is 0 Å². The van der Waals surface area contributed by atoms with Crippen LogP contribution in [0.2, 0.25) is 0 Å². The molecule has 0 bridgehead atoms. The molecule has 116 valence electrons. The van der Waals surface area contributed by atoms with Crippen LogP contribution in [0.5, 0.6) is 0 Å². The van der Waals surface area contributed by atoms with Crippen molar-refractivity contribution in [1.29, 1.82) is 0 Å². The highest BCUT2D eigenvalue weighted by molar-refractivity contribution is 7.99. The molecule has 1 N–H and O–H groups in total. The highest BCUT2D eigenvalue weighted by Crippen LogP contribution is 2.36. The van der Waals surface area contributed by atoms with Crippen LogP contribution in [-0.4, -0.2) is 51.0 Å². The van der Waals surface area contributed by atoms with Crippen molar-refractivity contribution in [1.82, 2.24) is 25.5 Å². The molecule has 1 aliphatic carbocycles. The minimum atomic E-state index is -0.637. The van der Waals surface area contributed by atoms with Crippen LogP contribution in [0.3, 0.4) is 0 Å². The number of rotatable bonds is 7. The first-order valence-corrected chi connectivity index (χ1v) is 7.79. The third kappa shape index (κ3) is 4.16. The highest BCUT2D eigenvalue weighted by Gasteiger charge is 2.29. The summed E-state index contributed by atoms with van der Waals surface area (Å²) in [5, 5.41) is 14.8. The Labute approximate surface area is 127 Å². The Kier molecular flexibility index (Phi) is 5.16. The summed E-state index contributed by atoms with van der Waals surface area (Å²) in [5.74, 6) is -0.559. The molecule has 0 radical (unpaired) electrons. The van der Waals surface area contributed by atoms with E-state index in [-0.39, 0.29) is 17.6 Å². The maximum absolute atomic E-state index is 12.0. The van der Waals surface area contributed by atoms with Gasteiger partial charge in [0.05, 0.1) is 18.9 Å². The van der Waals surface area contributed by atoms with Gasteiger partial charge in [0.2, 0.25) is 11.1 Å². The van der Waals surface area contributed by atoms with E-state index in [9.17, 15) is 9.59 Å². The van der Waals surface area contributed by atoms with E-state index < -0.39 is 12.0 Å². The Hall–Kier alpha value is -1.64. The van der Waals surface area contributed by atoms with E-state index in [1.54, 1.807) is 4.68 Å². The summed E-state index contributed by atoms with van der Waals surface area (Å²) < 4.78 is 6.44. The number of methoxy groups -OCH3 is 1. The largest absolute Gasteiger partial charge is 0.467 e. The first-order chi connectivity index (χ1) is 10.0. The third-order valence-corrected chi connectivity index (χ3v) is 4.06. The van der Waals surface area contributed by atoms with Crippen LogP contribution in [0.15, 0.2) is 5.16 Å². The van der Waals surface area contributed by atoms with Gasteiger partial charge < -0.3 is 10.1 Å². The first kappa shape index (κ1) is 15.7. The lowest BCUT2D eigenvalue weighted by Gasteiger charge is -2.19. The van der Waals surface area contributed by atoms with E-state index in [1.807, 2.05) is 13.8 Å².